The number of halogens is 2. The largest absolute Gasteiger partial charge is 0.508 e. The SMILES string of the molecule is O=C1OCC(COc2ccc(Oc3ccc(Cl)cc3Cl)cc2)O1. The first-order valence-corrected chi connectivity index (χ1v) is 7.55. The number of hydrogen-bond donors (Lipinski definition) is 0. The Hall–Kier alpha value is -2.11. The highest BCUT2D eigenvalue weighted by molar-refractivity contribution is 6.35. The Morgan fingerprint density at radius 2 is 1.83 bits per heavy atom. The van der Waals surface area contributed by atoms with E-state index in [4.69, 9.17) is 37.4 Å². The first-order chi connectivity index (χ1) is 11.1. The Bertz CT molecular complexity index is 702. The average Bonchev–Trinajstić information content (AvgIpc) is 2.95. The van der Waals surface area contributed by atoms with E-state index < -0.39 is 6.16 Å². The molecule has 1 aliphatic heterocycles. The van der Waals surface area contributed by atoms with Crippen molar-refractivity contribution in [2.24, 2.45) is 0 Å². The summed E-state index contributed by atoms with van der Waals surface area (Å²) in [7, 11) is 0. The molecule has 0 amide bonds. The third-order valence-corrected chi connectivity index (χ3v) is 3.56. The van der Waals surface area contributed by atoms with Gasteiger partial charge in [-0.05, 0) is 42.5 Å². The minimum Gasteiger partial charge on any atom is -0.490 e. The molecule has 0 N–H and O–H groups in total. The quantitative estimate of drug-likeness (QED) is 0.728. The van der Waals surface area contributed by atoms with E-state index in [9.17, 15) is 4.79 Å². The summed E-state index contributed by atoms with van der Waals surface area (Å²) in [6.45, 7) is 0.435. The minimum atomic E-state index is -0.665. The van der Waals surface area contributed by atoms with E-state index in [1.807, 2.05) is 0 Å². The molecule has 1 aliphatic rings. The molecule has 2 aromatic rings. The molecule has 23 heavy (non-hydrogen) atoms. The van der Waals surface area contributed by atoms with Crippen molar-refractivity contribution in [1.29, 1.82) is 0 Å². The third-order valence-electron chi connectivity index (χ3n) is 3.03. The molecule has 0 radical (unpaired) electrons. The molecule has 0 aliphatic carbocycles. The van der Waals surface area contributed by atoms with Gasteiger partial charge in [-0.1, -0.05) is 23.2 Å². The molecule has 1 saturated heterocycles. The topological polar surface area (TPSA) is 54.0 Å². The fourth-order valence-corrected chi connectivity index (χ4v) is 2.37. The van der Waals surface area contributed by atoms with Crippen molar-refractivity contribution in [3.63, 3.8) is 0 Å². The van der Waals surface area contributed by atoms with Gasteiger partial charge in [-0.25, -0.2) is 4.79 Å². The van der Waals surface area contributed by atoms with Crippen LogP contribution in [0.3, 0.4) is 0 Å². The second-order valence-corrected chi connectivity index (χ2v) is 5.60. The maximum absolute atomic E-state index is 10.8. The van der Waals surface area contributed by atoms with E-state index in [1.165, 1.54) is 0 Å². The number of carbonyl (C=O) groups excluding carboxylic acids is 1. The summed E-state index contributed by atoms with van der Waals surface area (Å²) in [6.07, 6.45) is -1.05. The second kappa shape index (κ2) is 6.98. The Kier molecular flexibility index (Phi) is 4.79. The van der Waals surface area contributed by atoms with Crippen LogP contribution >= 0.6 is 23.2 Å². The normalized spacial score (nSPS) is 16.6. The van der Waals surface area contributed by atoms with E-state index in [0.29, 0.717) is 27.3 Å². The van der Waals surface area contributed by atoms with E-state index in [1.54, 1.807) is 42.5 Å². The summed E-state index contributed by atoms with van der Waals surface area (Å²) in [5, 5.41) is 0.976. The van der Waals surface area contributed by atoms with Crippen LogP contribution in [0.4, 0.5) is 4.79 Å². The van der Waals surface area contributed by atoms with Crippen LogP contribution in [-0.2, 0) is 9.47 Å². The van der Waals surface area contributed by atoms with Crippen molar-refractivity contribution in [2.75, 3.05) is 13.2 Å². The lowest BCUT2D eigenvalue weighted by molar-refractivity contribution is 0.0983. The molecule has 2 aromatic carbocycles. The molecule has 1 heterocycles. The van der Waals surface area contributed by atoms with Crippen molar-refractivity contribution in [2.45, 2.75) is 6.10 Å². The number of cyclic esters (lactones) is 2. The highest BCUT2D eigenvalue weighted by Crippen LogP contribution is 2.32. The molecular formula is C16H12Cl2O5. The van der Waals surface area contributed by atoms with Crippen LogP contribution in [0.2, 0.25) is 10.0 Å². The Morgan fingerprint density at radius 3 is 2.48 bits per heavy atom. The lowest BCUT2D eigenvalue weighted by Crippen LogP contribution is -2.19. The lowest BCUT2D eigenvalue weighted by atomic mass is 10.3. The Morgan fingerprint density at radius 1 is 1.09 bits per heavy atom. The first kappa shape index (κ1) is 15.8. The number of ether oxygens (including phenoxy) is 4. The summed E-state index contributed by atoms with van der Waals surface area (Å²) in [5.41, 5.74) is 0. The van der Waals surface area contributed by atoms with Crippen LogP contribution in [0.25, 0.3) is 0 Å². The van der Waals surface area contributed by atoms with Gasteiger partial charge in [0.15, 0.2) is 6.10 Å². The summed E-state index contributed by atoms with van der Waals surface area (Å²) in [5.74, 6) is 1.75. The van der Waals surface area contributed by atoms with E-state index in [-0.39, 0.29) is 19.3 Å². The van der Waals surface area contributed by atoms with Gasteiger partial charge >= 0.3 is 6.16 Å². The van der Waals surface area contributed by atoms with E-state index >= 15 is 0 Å². The molecular weight excluding hydrogens is 343 g/mol. The summed E-state index contributed by atoms with van der Waals surface area (Å²) in [4.78, 5) is 10.8. The molecule has 3 rings (SSSR count). The van der Waals surface area contributed by atoms with Gasteiger partial charge in [-0.15, -0.1) is 0 Å². The van der Waals surface area contributed by atoms with Gasteiger partial charge in [0.05, 0.1) is 5.02 Å². The van der Waals surface area contributed by atoms with Crippen LogP contribution in [0.5, 0.6) is 17.2 Å². The van der Waals surface area contributed by atoms with Gasteiger partial charge in [-0.3, -0.25) is 0 Å². The smallest absolute Gasteiger partial charge is 0.490 e. The molecule has 0 bridgehead atoms. The van der Waals surface area contributed by atoms with Gasteiger partial charge in [0.1, 0.15) is 30.5 Å². The van der Waals surface area contributed by atoms with Crippen molar-refractivity contribution >= 4 is 29.4 Å². The highest BCUT2D eigenvalue weighted by Gasteiger charge is 2.25. The molecule has 0 aromatic heterocycles. The van der Waals surface area contributed by atoms with Crippen molar-refractivity contribution < 1.29 is 23.7 Å². The molecule has 0 spiro atoms. The van der Waals surface area contributed by atoms with Crippen molar-refractivity contribution in [3.8, 4) is 17.2 Å². The molecule has 1 atom stereocenters. The van der Waals surface area contributed by atoms with Crippen LogP contribution in [0.1, 0.15) is 0 Å². The monoisotopic (exact) mass is 354 g/mol. The second-order valence-electron chi connectivity index (χ2n) is 4.76. The zero-order valence-electron chi connectivity index (χ0n) is 11.8. The number of rotatable bonds is 5. The highest BCUT2D eigenvalue weighted by atomic mass is 35.5. The van der Waals surface area contributed by atoms with Gasteiger partial charge in [-0.2, -0.15) is 0 Å². The Balaban J connectivity index is 1.57. The number of carbonyl (C=O) groups is 1. The molecule has 1 unspecified atom stereocenters. The standard InChI is InChI=1S/C16H12Cl2O5/c17-10-1-6-15(14(18)7-10)22-12-4-2-11(3-5-12)20-8-13-9-21-16(19)23-13/h1-7,13H,8-9H2. The summed E-state index contributed by atoms with van der Waals surface area (Å²) < 4.78 is 20.8. The van der Waals surface area contributed by atoms with E-state index in [2.05, 4.69) is 4.74 Å². The van der Waals surface area contributed by atoms with Gasteiger partial charge in [0.25, 0.3) is 0 Å². The summed E-state index contributed by atoms with van der Waals surface area (Å²) >= 11 is 11.9. The van der Waals surface area contributed by atoms with Gasteiger partial charge < -0.3 is 18.9 Å². The lowest BCUT2D eigenvalue weighted by Gasteiger charge is -2.11. The van der Waals surface area contributed by atoms with E-state index in [0.717, 1.165) is 0 Å². The van der Waals surface area contributed by atoms with Crippen LogP contribution < -0.4 is 9.47 Å². The summed E-state index contributed by atoms with van der Waals surface area (Å²) in [6, 6.07) is 12.0. The third kappa shape index (κ3) is 4.21. The van der Waals surface area contributed by atoms with Gasteiger partial charge in [0, 0.05) is 5.02 Å². The van der Waals surface area contributed by atoms with Crippen LogP contribution in [-0.4, -0.2) is 25.5 Å². The molecule has 120 valence electrons. The van der Waals surface area contributed by atoms with Crippen LogP contribution in [0, 0.1) is 0 Å². The fraction of sp³-hybridized carbons (Fsp3) is 0.188. The minimum absolute atomic E-state index is 0.203. The van der Waals surface area contributed by atoms with Crippen molar-refractivity contribution in [3.05, 3.63) is 52.5 Å². The van der Waals surface area contributed by atoms with Gasteiger partial charge in [0.2, 0.25) is 0 Å². The maximum atomic E-state index is 10.8. The number of hydrogen-bond acceptors (Lipinski definition) is 5. The molecule has 0 saturated carbocycles. The molecule has 5 nitrogen and oxygen atoms in total. The molecule has 1 fully saturated rings. The predicted octanol–water partition coefficient (Wildman–Crippen LogP) is 4.70. The predicted molar refractivity (Wildman–Crippen MR) is 84.7 cm³/mol. The maximum Gasteiger partial charge on any atom is 0.508 e. The fourth-order valence-electron chi connectivity index (χ4n) is 1.93. The molecule has 7 heteroatoms. The number of benzene rings is 2. The van der Waals surface area contributed by atoms with Crippen molar-refractivity contribution in [1.82, 2.24) is 0 Å². The first-order valence-electron chi connectivity index (χ1n) is 6.79. The Labute approximate surface area is 142 Å². The zero-order chi connectivity index (χ0) is 16.2. The van der Waals surface area contributed by atoms with Crippen LogP contribution in [0.15, 0.2) is 42.5 Å². The average molecular weight is 355 g/mol. The zero-order valence-corrected chi connectivity index (χ0v) is 13.3.